The number of nitrogens with one attached hydrogen (secondary N) is 1. The predicted molar refractivity (Wildman–Crippen MR) is 113 cm³/mol. The van der Waals surface area contributed by atoms with Crippen LogP contribution in [-0.2, 0) is 27.3 Å². The molecule has 0 radical (unpaired) electrons. The molecule has 3 rings (SSSR count). The molecule has 1 heterocycles. The molecule has 0 fully saturated rings. The lowest BCUT2D eigenvalue weighted by Gasteiger charge is -2.07. The lowest BCUT2D eigenvalue weighted by Crippen LogP contribution is -2.28. The van der Waals surface area contributed by atoms with E-state index in [1.54, 1.807) is 18.2 Å². The van der Waals surface area contributed by atoms with E-state index in [2.05, 4.69) is 5.32 Å². The van der Waals surface area contributed by atoms with Crippen LogP contribution in [0.25, 0.3) is 11.1 Å². The molecular weight excluding hydrogens is 384 g/mol. The van der Waals surface area contributed by atoms with Gasteiger partial charge >= 0.3 is 11.7 Å². The number of amides is 1. The van der Waals surface area contributed by atoms with Crippen LogP contribution in [0, 0.1) is 6.92 Å². The standard InChI is InChI=1S/C23H26N2O5/c1-17-8-10-18(11-9-17)12-13-21(26)24-14-16-29-22(27)7-4-15-25-19-5-2-3-6-20(19)30-23(25)28/h2-3,5-6,8-11H,4,7,12-16H2,1H3,(H,24,26). The number of hydrogen-bond acceptors (Lipinski definition) is 5. The topological polar surface area (TPSA) is 90.5 Å². The summed E-state index contributed by atoms with van der Waals surface area (Å²) in [7, 11) is 0. The van der Waals surface area contributed by atoms with Crippen molar-refractivity contribution in [3.63, 3.8) is 0 Å². The Morgan fingerprint density at radius 2 is 1.83 bits per heavy atom. The van der Waals surface area contributed by atoms with Gasteiger partial charge < -0.3 is 14.5 Å². The minimum Gasteiger partial charge on any atom is -0.464 e. The van der Waals surface area contributed by atoms with Crippen molar-refractivity contribution in [3.8, 4) is 0 Å². The number of carbonyl (C=O) groups is 2. The van der Waals surface area contributed by atoms with Crippen LogP contribution in [0.4, 0.5) is 0 Å². The summed E-state index contributed by atoms with van der Waals surface area (Å²) in [5.74, 6) is -0.861. The average molecular weight is 410 g/mol. The molecule has 1 N–H and O–H groups in total. The molecule has 1 aromatic heterocycles. The minimum absolute atomic E-state index is 0.0714. The Labute approximate surface area is 174 Å². The third kappa shape index (κ3) is 6.07. The molecule has 0 unspecified atom stereocenters. The first-order valence-electron chi connectivity index (χ1n) is 10.1. The SMILES string of the molecule is Cc1ccc(CCC(=O)NCCOC(=O)CCCn2c(=O)oc3ccccc32)cc1. The van der Waals surface area contributed by atoms with Gasteiger partial charge in [-0.3, -0.25) is 14.2 Å². The molecule has 7 nitrogen and oxygen atoms in total. The highest BCUT2D eigenvalue weighted by molar-refractivity contribution is 5.76. The summed E-state index contributed by atoms with van der Waals surface area (Å²) in [5.41, 5.74) is 3.55. The molecule has 0 bridgehead atoms. The zero-order valence-electron chi connectivity index (χ0n) is 17.1. The van der Waals surface area contributed by atoms with E-state index in [1.807, 2.05) is 37.3 Å². The Bertz CT molecular complexity index is 1050. The number of aryl methyl sites for hydroxylation is 3. The van der Waals surface area contributed by atoms with E-state index < -0.39 is 5.76 Å². The quantitative estimate of drug-likeness (QED) is 0.410. The third-order valence-electron chi connectivity index (χ3n) is 4.78. The van der Waals surface area contributed by atoms with Gasteiger partial charge in [0, 0.05) is 19.4 Å². The van der Waals surface area contributed by atoms with Gasteiger partial charge in [0.1, 0.15) is 6.61 Å². The summed E-state index contributed by atoms with van der Waals surface area (Å²) in [6, 6.07) is 15.3. The fourth-order valence-electron chi connectivity index (χ4n) is 3.14. The number of ether oxygens (including phenoxy) is 1. The van der Waals surface area contributed by atoms with E-state index in [0.29, 0.717) is 36.9 Å². The maximum atomic E-state index is 11.9. The van der Waals surface area contributed by atoms with Crippen molar-refractivity contribution in [2.75, 3.05) is 13.2 Å². The van der Waals surface area contributed by atoms with E-state index >= 15 is 0 Å². The van der Waals surface area contributed by atoms with Gasteiger partial charge in [0.25, 0.3) is 0 Å². The molecule has 0 saturated carbocycles. The minimum atomic E-state index is -0.432. The van der Waals surface area contributed by atoms with Gasteiger partial charge in [0.2, 0.25) is 5.91 Å². The fourth-order valence-corrected chi connectivity index (χ4v) is 3.14. The first-order chi connectivity index (χ1) is 14.5. The van der Waals surface area contributed by atoms with Crippen molar-refractivity contribution in [2.24, 2.45) is 0 Å². The molecule has 2 aromatic carbocycles. The third-order valence-corrected chi connectivity index (χ3v) is 4.78. The molecule has 0 aliphatic rings. The second kappa shape index (κ2) is 10.4. The Morgan fingerprint density at radius 1 is 1.07 bits per heavy atom. The van der Waals surface area contributed by atoms with Gasteiger partial charge in [-0.2, -0.15) is 0 Å². The first kappa shape index (κ1) is 21.4. The Morgan fingerprint density at radius 3 is 2.63 bits per heavy atom. The number of carbonyl (C=O) groups excluding carboxylic acids is 2. The molecular formula is C23H26N2O5. The molecule has 0 aliphatic carbocycles. The van der Waals surface area contributed by atoms with E-state index in [-0.39, 0.29) is 31.4 Å². The van der Waals surface area contributed by atoms with Crippen LogP contribution >= 0.6 is 0 Å². The normalized spacial score (nSPS) is 10.8. The van der Waals surface area contributed by atoms with E-state index in [0.717, 1.165) is 5.56 Å². The highest BCUT2D eigenvalue weighted by Gasteiger charge is 2.10. The smallest absolute Gasteiger partial charge is 0.419 e. The number of oxazole rings is 1. The van der Waals surface area contributed by atoms with Crippen LogP contribution in [0.15, 0.2) is 57.7 Å². The Balaban J connectivity index is 1.29. The van der Waals surface area contributed by atoms with Crippen molar-refractivity contribution in [1.82, 2.24) is 9.88 Å². The average Bonchev–Trinajstić information content (AvgIpc) is 3.06. The maximum absolute atomic E-state index is 11.9. The summed E-state index contributed by atoms with van der Waals surface area (Å²) in [5, 5.41) is 2.75. The van der Waals surface area contributed by atoms with Gasteiger partial charge in [0.15, 0.2) is 5.58 Å². The second-order valence-electron chi connectivity index (χ2n) is 7.15. The van der Waals surface area contributed by atoms with Crippen LogP contribution in [0.1, 0.15) is 30.4 Å². The highest BCUT2D eigenvalue weighted by atomic mass is 16.5. The first-order valence-corrected chi connectivity index (χ1v) is 10.1. The van der Waals surface area contributed by atoms with Gasteiger partial charge in [-0.25, -0.2) is 4.79 Å². The Kier molecular flexibility index (Phi) is 7.43. The van der Waals surface area contributed by atoms with Crippen LogP contribution in [0.5, 0.6) is 0 Å². The monoisotopic (exact) mass is 410 g/mol. The van der Waals surface area contributed by atoms with Crippen LogP contribution in [0.3, 0.4) is 0 Å². The number of benzene rings is 2. The lowest BCUT2D eigenvalue weighted by molar-refractivity contribution is -0.144. The van der Waals surface area contributed by atoms with Crippen molar-refractivity contribution in [1.29, 1.82) is 0 Å². The zero-order valence-corrected chi connectivity index (χ0v) is 17.1. The van der Waals surface area contributed by atoms with Gasteiger partial charge in [0.05, 0.1) is 12.1 Å². The Hall–Kier alpha value is -3.35. The number of esters is 1. The molecule has 7 heteroatoms. The zero-order chi connectivity index (χ0) is 21.3. The molecule has 158 valence electrons. The van der Waals surface area contributed by atoms with E-state index in [1.165, 1.54) is 10.1 Å². The van der Waals surface area contributed by atoms with Gasteiger partial charge in [-0.1, -0.05) is 42.0 Å². The van der Waals surface area contributed by atoms with Crippen LogP contribution in [0.2, 0.25) is 0 Å². The molecule has 30 heavy (non-hydrogen) atoms. The summed E-state index contributed by atoms with van der Waals surface area (Å²) in [6.45, 7) is 2.81. The number of fused-ring (bicyclic) bond motifs is 1. The number of hydrogen-bond donors (Lipinski definition) is 1. The number of rotatable bonds is 10. The highest BCUT2D eigenvalue weighted by Crippen LogP contribution is 2.12. The largest absolute Gasteiger partial charge is 0.464 e. The second-order valence-corrected chi connectivity index (χ2v) is 7.15. The molecule has 0 atom stereocenters. The van der Waals surface area contributed by atoms with Crippen molar-refractivity contribution in [3.05, 3.63) is 70.2 Å². The van der Waals surface area contributed by atoms with Crippen LogP contribution < -0.4 is 11.1 Å². The van der Waals surface area contributed by atoms with Crippen molar-refractivity contribution >= 4 is 23.0 Å². The number of nitrogens with zero attached hydrogens (tertiary/aromatic N) is 1. The number of aromatic nitrogens is 1. The molecule has 1 amide bonds. The van der Waals surface area contributed by atoms with E-state index in [9.17, 15) is 14.4 Å². The van der Waals surface area contributed by atoms with Gasteiger partial charge in [-0.05, 0) is 37.5 Å². The summed E-state index contributed by atoms with van der Waals surface area (Å²) in [4.78, 5) is 35.6. The summed E-state index contributed by atoms with van der Waals surface area (Å²) >= 11 is 0. The number of para-hydroxylation sites is 2. The van der Waals surface area contributed by atoms with Crippen molar-refractivity contribution < 1.29 is 18.7 Å². The molecule has 0 aliphatic heterocycles. The van der Waals surface area contributed by atoms with Crippen molar-refractivity contribution in [2.45, 2.75) is 39.2 Å². The summed E-state index contributed by atoms with van der Waals surface area (Å²) < 4.78 is 11.8. The molecule has 0 saturated heterocycles. The molecule has 3 aromatic rings. The lowest BCUT2D eigenvalue weighted by atomic mass is 10.1. The maximum Gasteiger partial charge on any atom is 0.419 e. The van der Waals surface area contributed by atoms with E-state index in [4.69, 9.17) is 9.15 Å². The molecule has 0 spiro atoms. The van der Waals surface area contributed by atoms with Gasteiger partial charge in [-0.15, -0.1) is 0 Å². The summed E-state index contributed by atoms with van der Waals surface area (Å²) in [6.07, 6.45) is 1.72. The predicted octanol–water partition coefficient (Wildman–Crippen LogP) is 2.98. The van der Waals surface area contributed by atoms with Crippen LogP contribution in [-0.4, -0.2) is 29.6 Å². The fraction of sp³-hybridized carbons (Fsp3) is 0.348.